The molecule has 1 aromatic rings. The second-order valence-corrected chi connectivity index (χ2v) is 5.75. The van der Waals surface area contributed by atoms with Crippen molar-refractivity contribution in [2.24, 2.45) is 0 Å². The van der Waals surface area contributed by atoms with E-state index in [0.717, 1.165) is 18.6 Å². The number of ketones is 2. The van der Waals surface area contributed by atoms with Crippen LogP contribution in [0, 0.1) is 0 Å². The molecule has 0 saturated heterocycles. The predicted octanol–water partition coefficient (Wildman–Crippen LogP) is 2.34. The van der Waals surface area contributed by atoms with Crippen molar-refractivity contribution in [2.45, 2.75) is 33.3 Å². The third-order valence-electron chi connectivity index (χ3n) is 3.53. The summed E-state index contributed by atoms with van der Waals surface area (Å²) in [6.07, 6.45) is 1.76. The summed E-state index contributed by atoms with van der Waals surface area (Å²) in [5, 5.41) is 20.1. The monoisotopic (exact) mass is 330 g/mol. The molecule has 0 aliphatic heterocycles. The lowest BCUT2D eigenvalue weighted by atomic mass is 9.85. The number of benzene rings is 1. The second-order valence-electron chi connectivity index (χ2n) is 5.75. The molecular weight excluding hydrogens is 312 g/mol. The number of rotatable bonds is 4. The number of phenols is 1. The number of phenolic OH excluding ortho intramolecular Hbond substituents is 1. The van der Waals surface area contributed by atoms with Gasteiger partial charge in [0.15, 0.2) is 11.6 Å². The lowest BCUT2D eigenvalue weighted by molar-refractivity contribution is -0.131. The maximum absolute atomic E-state index is 12.7. The number of hydrogen-bond acceptors (Lipinski definition) is 6. The lowest BCUT2D eigenvalue weighted by Crippen LogP contribution is -2.26. The molecule has 6 nitrogen and oxygen atoms in total. The highest BCUT2D eigenvalue weighted by molar-refractivity contribution is 6.27. The van der Waals surface area contributed by atoms with E-state index in [1.54, 1.807) is 6.08 Å². The van der Waals surface area contributed by atoms with Gasteiger partial charge in [0.25, 0.3) is 0 Å². The summed E-state index contributed by atoms with van der Waals surface area (Å²) in [6.45, 7) is 4.86. The first-order valence-corrected chi connectivity index (χ1v) is 7.38. The zero-order valence-electron chi connectivity index (χ0n) is 13.6. The van der Waals surface area contributed by atoms with Crippen molar-refractivity contribution in [3.63, 3.8) is 0 Å². The number of ether oxygens (including phenoxy) is 1. The fraction of sp³-hybridized carbons (Fsp3) is 0.278. The number of fused-ring (bicyclic) bond motifs is 1. The molecular formula is C18H18O6. The fourth-order valence-electron chi connectivity index (χ4n) is 2.43. The van der Waals surface area contributed by atoms with Crippen LogP contribution in [-0.2, 0) is 4.79 Å². The van der Waals surface area contributed by atoms with Crippen molar-refractivity contribution in [1.29, 1.82) is 0 Å². The highest BCUT2D eigenvalue weighted by Crippen LogP contribution is 2.36. The molecule has 0 heterocycles. The Bertz CT molecular complexity index is 781. The molecule has 0 amide bonds. The van der Waals surface area contributed by atoms with Crippen LogP contribution < -0.4 is 4.74 Å². The van der Waals surface area contributed by atoms with Gasteiger partial charge < -0.3 is 14.9 Å². The first kappa shape index (κ1) is 17.6. The quantitative estimate of drug-likeness (QED) is 0.499. The summed E-state index contributed by atoms with van der Waals surface area (Å²) in [7, 11) is 0. The van der Waals surface area contributed by atoms with E-state index < -0.39 is 23.6 Å². The first-order chi connectivity index (χ1) is 11.2. The number of aliphatic hydroxyl groups excluding tert-OH is 1. The zero-order chi connectivity index (χ0) is 18.0. The van der Waals surface area contributed by atoms with E-state index in [1.807, 2.05) is 13.8 Å². The number of allylic oxidation sites excluding steroid dienone is 2. The minimum atomic E-state index is -1.17. The van der Waals surface area contributed by atoms with Gasteiger partial charge in [-0.2, -0.15) is 0 Å². The molecule has 0 aromatic heterocycles. The number of esters is 1. The number of aliphatic hydroxyl groups is 1. The van der Waals surface area contributed by atoms with E-state index >= 15 is 0 Å². The molecule has 1 aliphatic carbocycles. The molecule has 1 atom stereocenters. The van der Waals surface area contributed by atoms with Crippen molar-refractivity contribution in [1.82, 2.24) is 0 Å². The molecule has 0 saturated carbocycles. The van der Waals surface area contributed by atoms with Gasteiger partial charge in [0.2, 0.25) is 0 Å². The Kier molecular flexibility index (Phi) is 4.99. The molecule has 0 unspecified atom stereocenters. The van der Waals surface area contributed by atoms with Crippen LogP contribution in [-0.4, -0.2) is 33.9 Å². The van der Waals surface area contributed by atoms with E-state index in [-0.39, 0.29) is 34.6 Å². The third kappa shape index (κ3) is 3.44. The van der Waals surface area contributed by atoms with Crippen LogP contribution in [0.5, 0.6) is 11.5 Å². The molecule has 0 radical (unpaired) electrons. The highest BCUT2D eigenvalue weighted by Gasteiger charge is 2.34. The SMILES string of the molecule is CC(=O)Oc1ccc(O)c2c1C(=O)C([C@@H](O)CC=C(C)C)=CC2=O. The van der Waals surface area contributed by atoms with E-state index in [4.69, 9.17) is 4.74 Å². The summed E-state index contributed by atoms with van der Waals surface area (Å²) in [5.41, 5.74) is 0.438. The van der Waals surface area contributed by atoms with Gasteiger partial charge in [0, 0.05) is 12.5 Å². The first-order valence-electron chi connectivity index (χ1n) is 7.38. The van der Waals surface area contributed by atoms with Crippen LogP contribution in [0.2, 0.25) is 0 Å². The van der Waals surface area contributed by atoms with Crippen molar-refractivity contribution < 1.29 is 29.3 Å². The minimum Gasteiger partial charge on any atom is -0.507 e. The van der Waals surface area contributed by atoms with Crippen LogP contribution in [0.25, 0.3) is 0 Å². The Morgan fingerprint density at radius 2 is 1.88 bits per heavy atom. The van der Waals surface area contributed by atoms with Crippen molar-refractivity contribution in [3.05, 3.63) is 46.6 Å². The van der Waals surface area contributed by atoms with Gasteiger partial charge in [0.1, 0.15) is 11.5 Å². The summed E-state index contributed by atoms with van der Waals surface area (Å²) in [5.74, 6) is -2.43. The normalized spacial score (nSPS) is 14.6. The summed E-state index contributed by atoms with van der Waals surface area (Å²) in [6, 6.07) is 2.42. The number of aromatic hydroxyl groups is 1. The second kappa shape index (κ2) is 6.80. The maximum Gasteiger partial charge on any atom is 0.308 e. The van der Waals surface area contributed by atoms with Crippen LogP contribution in [0.15, 0.2) is 35.4 Å². The fourth-order valence-corrected chi connectivity index (χ4v) is 2.43. The van der Waals surface area contributed by atoms with Crippen LogP contribution in [0.4, 0.5) is 0 Å². The lowest BCUT2D eigenvalue weighted by Gasteiger charge is -2.21. The zero-order valence-corrected chi connectivity index (χ0v) is 13.6. The molecule has 2 rings (SSSR count). The van der Waals surface area contributed by atoms with Crippen LogP contribution in [0.3, 0.4) is 0 Å². The highest BCUT2D eigenvalue weighted by atomic mass is 16.5. The molecule has 0 spiro atoms. The smallest absolute Gasteiger partial charge is 0.308 e. The predicted molar refractivity (Wildman–Crippen MR) is 86.2 cm³/mol. The van der Waals surface area contributed by atoms with Crippen LogP contribution >= 0.6 is 0 Å². The number of hydrogen-bond donors (Lipinski definition) is 2. The minimum absolute atomic E-state index is 0.0935. The van der Waals surface area contributed by atoms with Crippen LogP contribution in [0.1, 0.15) is 47.9 Å². The van der Waals surface area contributed by atoms with Crippen molar-refractivity contribution in [3.8, 4) is 11.5 Å². The Morgan fingerprint density at radius 3 is 2.46 bits per heavy atom. The van der Waals surface area contributed by atoms with Gasteiger partial charge in [-0.3, -0.25) is 14.4 Å². The summed E-state index contributed by atoms with van der Waals surface area (Å²) >= 11 is 0. The molecule has 0 fully saturated rings. The van der Waals surface area contributed by atoms with Gasteiger partial charge in [-0.25, -0.2) is 0 Å². The molecule has 2 N–H and O–H groups in total. The summed E-state index contributed by atoms with van der Waals surface area (Å²) < 4.78 is 4.97. The van der Waals surface area contributed by atoms with E-state index in [9.17, 15) is 24.6 Å². The molecule has 1 aromatic carbocycles. The van der Waals surface area contributed by atoms with Gasteiger partial charge in [-0.15, -0.1) is 0 Å². The third-order valence-corrected chi connectivity index (χ3v) is 3.53. The average molecular weight is 330 g/mol. The number of carbonyl (C=O) groups is 3. The Labute approximate surface area is 139 Å². The van der Waals surface area contributed by atoms with Gasteiger partial charge in [-0.05, 0) is 38.5 Å². The Morgan fingerprint density at radius 1 is 1.21 bits per heavy atom. The number of Topliss-reactive ketones (excluding diaryl/α,β-unsaturated/α-hetero) is 1. The van der Waals surface area contributed by atoms with Crippen molar-refractivity contribution >= 4 is 17.5 Å². The average Bonchev–Trinajstić information content (AvgIpc) is 2.49. The van der Waals surface area contributed by atoms with E-state index in [0.29, 0.717) is 0 Å². The summed E-state index contributed by atoms with van der Waals surface area (Å²) in [4.78, 5) is 36.2. The topological polar surface area (TPSA) is 101 Å². The number of carbonyl (C=O) groups excluding carboxylic acids is 3. The Balaban J connectivity index is 2.51. The van der Waals surface area contributed by atoms with E-state index in [2.05, 4.69) is 0 Å². The van der Waals surface area contributed by atoms with E-state index in [1.165, 1.54) is 12.1 Å². The molecule has 126 valence electrons. The van der Waals surface area contributed by atoms with Crippen molar-refractivity contribution in [2.75, 3.05) is 0 Å². The standard InChI is InChI=1S/C18H18O6/c1-9(2)4-5-12(20)11-8-14(22)16-13(21)6-7-15(24-10(3)19)17(16)18(11)23/h4,6-8,12,20-21H,5H2,1-3H3/t12-/m0/s1. The largest absolute Gasteiger partial charge is 0.507 e. The Hall–Kier alpha value is -2.73. The molecule has 6 heteroatoms. The molecule has 1 aliphatic rings. The van der Waals surface area contributed by atoms with Gasteiger partial charge in [0.05, 0.1) is 17.2 Å². The van der Waals surface area contributed by atoms with Gasteiger partial charge in [-0.1, -0.05) is 11.6 Å². The van der Waals surface area contributed by atoms with Gasteiger partial charge >= 0.3 is 5.97 Å². The maximum atomic E-state index is 12.7. The molecule has 0 bridgehead atoms. The molecule has 24 heavy (non-hydrogen) atoms.